The molecule has 0 spiro atoms. The molecular formula is C26H24N6O2S. The minimum atomic E-state index is -0.0463. The second-order valence-corrected chi connectivity index (χ2v) is 8.82. The molecule has 0 fully saturated rings. The summed E-state index contributed by atoms with van der Waals surface area (Å²) < 4.78 is 6.67. The van der Waals surface area contributed by atoms with Crippen LogP contribution in [0.25, 0.3) is 15.8 Å². The summed E-state index contributed by atoms with van der Waals surface area (Å²) in [6.45, 7) is 4.80. The zero-order chi connectivity index (χ0) is 24.2. The van der Waals surface area contributed by atoms with Gasteiger partial charge in [0.1, 0.15) is 11.6 Å². The molecule has 9 heteroatoms. The maximum absolute atomic E-state index is 11.9. The van der Waals surface area contributed by atoms with E-state index in [0.29, 0.717) is 30.6 Å². The summed E-state index contributed by atoms with van der Waals surface area (Å²) >= 11 is 1.60. The number of nitrogens with one attached hydrogen (secondary N) is 2. The van der Waals surface area contributed by atoms with Gasteiger partial charge in [-0.15, -0.1) is 11.3 Å². The zero-order valence-corrected chi connectivity index (χ0v) is 20.0. The number of hydrogen-bond acceptors (Lipinski definition) is 8. The molecule has 35 heavy (non-hydrogen) atoms. The molecule has 0 saturated heterocycles. The predicted molar refractivity (Wildman–Crippen MR) is 141 cm³/mol. The summed E-state index contributed by atoms with van der Waals surface area (Å²) in [6, 6.07) is 13.8. The highest BCUT2D eigenvalue weighted by Gasteiger charge is 2.17. The lowest BCUT2D eigenvalue weighted by molar-refractivity contribution is -0.125. The Balaban J connectivity index is 1.35. The Morgan fingerprint density at radius 1 is 1.17 bits per heavy atom. The molecule has 176 valence electrons. The van der Waals surface area contributed by atoms with Crippen LogP contribution >= 0.6 is 11.3 Å². The lowest BCUT2D eigenvalue weighted by atomic mass is 9.98. The van der Waals surface area contributed by atoms with E-state index in [1.54, 1.807) is 29.5 Å². The molecule has 4 aromatic rings. The van der Waals surface area contributed by atoms with Crippen LogP contribution < -0.4 is 15.4 Å². The molecule has 3 heterocycles. The molecule has 2 aromatic heterocycles. The number of ether oxygens (including phenoxy) is 1. The van der Waals surface area contributed by atoms with Crippen LogP contribution in [0.15, 0.2) is 72.9 Å². The van der Waals surface area contributed by atoms with Crippen LogP contribution in [0.5, 0.6) is 5.75 Å². The number of methoxy groups -OCH3 is 1. The van der Waals surface area contributed by atoms with E-state index in [1.807, 2.05) is 41.9 Å². The van der Waals surface area contributed by atoms with Gasteiger partial charge >= 0.3 is 0 Å². The highest BCUT2D eigenvalue weighted by Crippen LogP contribution is 2.32. The number of aromatic nitrogens is 3. The van der Waals surface area contributed by atoms with Crippen molar-refractivity contribution in [2.24, 2.45) is 0 Å². The first-order valence-corrected chi connectivity index (χ1v) is 12.0. The minimum absolute atomic E-state index is 0.0463. The predicted octanol–water partition coefficient (Wildman–Crippen LogP) is 5.38. The third kappa shape index (κ3) is 4.99. The summed E-state index contributed by atoms with van der Waals surface area (Å²) in [4.78, 5) is 27.0. The molecule has 1 aliphatic heterocycles. The SMILES string of the molecule is C=CC(=O)N1CC=C(c2ccc(OC)c(Nc3nccc(Nc4ccc5ncsc5c4)n3)c2)CC1. The molecule has 0 unspecified atom stereocenters. The topological polar surface area (TPSA) is 92.3 Å². The third-order valence-corrected chi connectivity index (χ3v) is 6.56. The Morgan fingerprint density at radius 2 is 2.09 bits per heavy atom. The van der Waals surface area contributed by atoms with Gasteiger partial charge in [0, 0.05) is 25.0 Å². The van der Waals surface area contributed by atoms with Crippen molar-refractivity contribution in [3.8, 4) is 5.75 Å². The number of anilines is 4. The minimum Gasteiger partial charge on any atom is -0.495 e. The average molecular weight is 485 g/mol. The normalized spacial score (nSPS) is 13.3. The highest BCUT2D eigenvalue weighted by molar-refractivity contribution is 7.16. The van der Waals surface area contributed by atoms with Gasteiger partial charge in [-0.2, -0.15) is 4.98 Å². The van der Waals surface area contributed by atoms with E-state index in [9.17, 15) is 4.79 Å². The number of amides is 1. The molecule has 1 aliphatic rings. The maximum atomic E-state index is 11.9. The second kappa shape index (κ2) is 9.94. The van der Waals surface area contributed by atoms with E-state index >= 15 is 0 Å². The Kier molecular flexibility index (Phi) is 6.40. The van der Waals surface area contributed by atoms with Crippen molar-refractivity contribution in [2.45, 2.75) is 6.42 Å². The van der Waals surface area contributed by atoms with Crippen molar-refractivity contribution in [3.05, 3.63) is 78.5 Å². The van der Waals surface area contributed by atoms with Crippen molar-refractivity contribution >= 4 is 56.2 Å². The molecule has 2 N–H and O–H groups in total. The Bertz CT molecular complexity index is 1430. The second-order valence-electron chi connectivity index (χ2n) is 7.93. The van der Waals surface area contributed by atoms with Crippen molar-refractivity contribution in [3.63, 3.8) is 0 Å². The van der Waals surface area contributed by atoms with Gasteiger partial charge in [-0.25, -0.2) is 9.97 Å². The molecule has 0 aliphatic carbocycles. The fourth-order valence-electron chi connectivity index (χ4n) is 3.96. The number of benzene rings is 2. The molecule has 2 aromatic carbocycles. The smallest absolute Gasteiger partial charge is 0.246 e. The number of carbonyl (C=O) groups is 1. The van der Waals surface area contributed by atoms with Crippen LogP contribution in [0.2, 0.25) is 0 Å². The lowest BCUT2D eigenvalue weighted by Crippen LogP contribution is -2.33. The van der Waals surface area contributed by atoms with Crippen molar-refractivity contribution < 1.29 is 9.53 Å². The van der Waals surface area contributed by atoms with E-state index in [2.05, 4.69) is 44.3 Å². The summed E-state index contributed by atoms with van der Waals surface area (Å²) in [7, 11) is 1.63. The van der Waals surface area contributed by atoms with Crippen molar-refractivity contribution in [2.75, 3.05) is 30.8 Å². The largest absolute Gasteiger partial charge is 0.495 e. The van der Waals surface area contributed by atoms with Gasteiger partial charge in [0.05, 0.1) is 28.5 Å². The molecule has 8 nitrogen and oxygen atoms in total. The lowest BCUT2D eigenvalue weighted by Gasteiger charge is -2.26. The van der Waals surface area contributed by atoms with Gasteiger partial charge in [0.25, 0.3) is 0 Å². The number of thiazole rings is 1. The van der Waals surface area contributed by atoms with Gasteiger partial charge < -0.3 is 20.3 Å². The van der Waals surface area contributed by atoms with E-state index in [4.69, 9.17) is 4.74 Å². The van der Waals surface area contributed by atoms with Gasteiger partial charge in [0.15, 0.2) is 0 Å². The number of rotatable bonds is 7. The van der Waals surface area contributed by atoms with Crippen LogP contribution in [0.3, 0.4) is 0 Å². The Morgan fingerprint density at radius 3 is 2.89 bits per heavy atom. The summed E-state index contributed by atoms with van der Waals surface area (Å²) in [6.07, 6.45) is 5.91. The van der Waals surface area contributed by atoms with Gasteiger partial charge in [-0.05, 0) is 60.0 Å². The molecular weight excluding hydrogens is 460 g/mol. The zero-order valence-electron chi connectivity index (χ0n) is 19.2. The first kappa shape index (κ1) is 22.5. The van der Waals surface area contributed by atoms with Crippen LogP contribution in [0, 0.1) is 0 Å². The first-order valence-electron chi connectivity index (χ1n) is 11.1. The van der Waals surface area contributed by atoms with Crippen LogP contribution in [-0.2, 0) is 4.79 Å². The fraction of sp³-hybridized carbons (Fsp3) is 0.154. The first-order chi connectivity index (χ1) is 17.1. The van der Waals surface area contributed by atoms with E-state index in [1.165, 1.54) is 11.6 Å². The third-order valence-electron chi connectivity index (χ3n) is 5.77. The Hall–Kier alpha value is -4.24. The maximum Gasteiger partial charge on any atom is 0.246 e. The number of carbonyl (C=O) groups excluding carboxylic acids is 1. The highest BCUT2D eigenvalue weighted by atomic mass is 32.1. The summed E-state index contributed by atoms with van der Waals surface area (Å²) in [5, 5.41) is 6.62. The molecule has 0 atom stereocenters. The van der Waals surface area contributed by atoms with E-state index in [0.717, 1.165) is 33.6 Å². The molecule has 0 bridgehead atoms. The van der Waals surface area contributed by atoms with Crippen LogP contribution in [0.1, 0.15) is 12.0 Å². The molecule has 0 saturated carbocycles. The van der Waals surface area contributed by atoms with Gasteiger partial charge in [-0.3, -0.25) is 4.79 Å². The number of fused-ring (bicyclic) bond motifs is 1. The fourth-order valence-corrected chi connectivity index (χ4v) is 4.67. The monoisotopic (exact) mass is 484 g/mol. The number of hydrogen-bond donors (Lipinski definition) is 2. The van der Waals surface area contributed by atoms with Crippen LogP contribution in [0.4, 0.5) is 23.1 Å². The molecule has 5 rings (SSSR count). The number of nitrogens with zero attached hydrogens (tertiary/aromatic N) is 4. The van der Waals surface area contributed by atoms with Crippen molar-refractivity contribution in [1.82, 2.24) is 19.9 Å². The summed E-state index contributed by atoms with van der Waals surface area (Å²) in [5.41, 5.74) is 6.75. The quantitative estimate of drug-likeness (QED) is 0.340. The van der Waals surface area contributed by atoms with Gasteiger partial charge in [0.2, 0.25) is 11.9 Å². The van der Waals surface area contributed by atoms with E-state index < -0.39 is 0 Å². The van der Waals surface area contributed by atoms with Crippen LogP contribution in [-0.4, -0.2) is 46.0 Å². The van der Waals surface area contributed by atoms with Gasteiger partial charge in [-0.1, -0.05) is 18.7 Å². The van der Waals surface area contributed by atoms with Crippen molar-refractivity contribution in [1.29, 1.82) is 0 Å². The Labute approximate surface area is 207 Å². The van der Waals surface area contributed by atoms with E-state index in [-0.39, 0.29) is 5.91 Å². The standard InChI is InChI=1S/C26H24N6O2S/c1-3-25(33)32-12-9-17(10-13-32)18-4-7-22(34-2)21(14-18)30-26-27-11-8-24(31-26)29-19-5-6-20-23(15-19)35-16-28-20/h3-9,11,14-16H,1,10,12-13H2,2H3,(H2,27,29,30,31). The average Bonchev–Trinajstić information content (AvgIpc) is 3.36. The molecule has 1 amide bonds. The summed E-state index contributed by atoms with van der Waals surface area (Å²) in [5.74, 6) is 1.76. The molecule has 0 radical (unpaired) electrons.